The molecule has 0 saturated carbocycles. The van der Waals surface area contributed by atoms with Crippen LogP contribution in [0.3, 0.4) is 0 Å². The summed E-state index contributed by atoms with van der Waals surface area (Å²) in [6, 6.07) is 11.3. The van der Waals surface area contributed by atoms with Crippen molar-refractivity contribution in [1.29, 1.82) is 0 Å². The van der Waals surface area contributed by atoms with Gasteiger partial charge in [0.2, 0.25) is 10.0 Å². The fraction of sp³-hybridized carbons (Fsp3) is 0.316. The highest BCUT2D eigenvalue weighted by atomic mass is 32.2. The van der Waals surface area contributed by atoms with E-state index in [-0.39, 0.29) is 53.6 Å². The van der Waals surface area contributed by atoms with E-state index in [0.29, 0.717) is 11.3 Å². The summed E-state index contributed by atoms with van der Waals surface area (Å²) in [5.74, 6) is 0.327. The van der Waals surface area contributed by atoms with E-state index in [1.165, 1.54) is 11.4 Å². The molecule has 0 radical (unpaired) electrons. The Morgan fingerprint density at radius 2 is 1.67 bits per heavy atom. The summed E-state index contributed by atoms with van der Waals surface area (Å²) in [4.78, 5) is 14.0. The number of carbonyl (C=O) groups is 1. The number of hydrogen-bond acceptors (Lipinski definition) is 5. The Morgan fingerprint density at radius 1 is 1.03 bits per heavy atom. The molecule has 162 valence electrons. The smallest absolute Gasteiger partial charge is 0.446 e. The molecule has 1 fully saturated rings. The average molecular weight is 460 g/mol. The summed E-state index contributed by atoms with van der Waals surface area (Å²) in [5.41, 5.74) is -3.99. The predicted octanol–water partition coefficient (Wildman–Crippen LogP) is 3.45. The highest BCUT2D eigenvalue weighted by Crippen LogP contribution is 2.37. The van der Waals surface area contributed by atoms with Crippen molar-refractivity contribution in [3.05, 3.63) is 54.1 Å². The number of thioether (sulfide) groups is 1. The number of rotatable bonds is 5. The van der Waals surface area contributed by atoms with Gasteiger partial charge in [0.25, 0.3) is 5.91 Å². The molecule has 1 aliphatic heterocycles. The number of alkyl halides is 3. The zero-order valence-electron chi connectivity index (χ0n) is 15.9. The number of methoxy groups -OCH3 is 1. The van der Waals surface area contributed by atoms with E-state index >= 15 is 0 Å². The highest BCUT2D eigenvalue weighted by molar-refractivity contribution is 8.00. The Labute approximate surface area is 176 Å². The molecule has 30 heavy (non-hydrogen) atoms. The van der Waals surface area contributed by atoms with Crippen molar-refractivity contribution in [2.24, 2.45) is 0 Å². The topological polar surface area (TPSA) is 66.9 Å². The van der Waals surface area contributed by atoms with Crippen molar-refractivity contribution in [1.82, 2.24) is 9.21 Å². The molecule has 2 aromatic carbocycles. The number of ether oxygens (including phenoxy) is 1. The number of sulfonamides is 1. The van der Waals surface area contributed by atoms with Crippen LogP contribution in [0.15, 0.2) is 58.3 Å². The Kier molecular flexibility index (Phi) is 6.63. The third-order valence-corrected chi connectivity index (χ3v) is 7.19. The normalized spacial score (nSPS) is 15.8. The first-order valence-corrected chi connectivity index (χ1v) is 11.1. The largest absolute Gasteiger partial charge is 0.497 e. The van der Waals surface area contributed by atoms with E-state index in [1.807, 2.05) is 0 Å². The third-order valence-electron chi connectivity index (χ3n) is 4.54. The SMILES string of the molecule is COc1cccc(C(=O)N2CCN(S(=O)(=O)c3ccc(SC(F)(F)F)cc3)CC2)c1. The van der Waals surface area contributed by atoms with Crippen LogP contribution in [0.4, 0.5) is 13.2 Å². The van der Waals surface area contributed by atoms with Gasteiger partial charge < -0.3 is 9.64 Å². The van der Waals surface area contributed by atoms with Crippen molar-refractivity contribution < 1.29 is 31.1 Å². The minimum absolute atomic E-state index is 0.0819. The van der Waals surface area contributed by atoms with Gasteiger partial charge in [-0.25, -0.2) is 8.42 Å². The minimum atomic E-state index is -4.44. The van der Waals surface area contributed by atoms with Crippen LogP contribution in [0.1, 0.15) is 10.4 Å². The second-order valence-electron chi connectivity index (χ2n) is 6.45. The number of halogens is 3. The molecule has 1 amide bonds. The Hall–Kier alpha value is -2.24. The molecule has 1 saturated heterocycles. The fourth-order valence-electron chi connectivity index (χ4n) is 3.03. The molecule has 1 heterocycles. The maximum Gasteiger partial charge on any atom is 0.446 e. The van der Waals surface area contributed by atoms with Crippen LogP contribution in [0.25, 0.3) is 0 Å². The van der Waals surface area contributed by atoms with E-state index in [2.05, 4.69) is 0 Å². The van der Waals surface area contributed by atoms with Gasteiger partial charge in [0.15, 0.2) is 0 Å². The lowest BCUT2D eigenvalue weighted by atomic mass is 10.1. The van der Waals surface area contributed by atoms with Gasteiger partial charge in [-0.2, -0.15) is 17.5 Å². The number of benzene rings is 2. The van der Waals surface area contributed by atoms with Crippen LogP contribution in [-0.4, -0.2) is 62.3 Å². The highest BCUT2D eigenvalue weighted by Gasteiger charge is 2.32. The summed E-state index contributed by atoms with van der Waals surface area (Å²) < 4.78 is 69.2. The zero-order valence-corrected chi connectivity index (χ0v) is 17.6. The minimum Gasteiger partial charge on any atom is -0.497 e. The van der Waals surface area contributed by atoms with Gasteiger partial charge in [0.05, 0.1) is 12.0 Å². The fourth-order valence-corrected chi connectivity index (χ4v) is 4.99. The van der Waals surface area contributed by atoms with E-state index < -0.39 is 15.5 Å². The molecule has 1 aliphatic rings. The zero-order chi connectivity index (χ0) is 21.9. The summed E-state index contributed by atoms with van der Waals surface area (Å²) >= 11 is -0.302. The number of nitrogens with zero attached hydrogens (tertiary/aromatic N) is 2. The number of amides is 1. The van der Waals surface area contributed by atoms with Crippen LogP contribution < -0.4 is 4.74 Å². The standard InChI is InChI=1S/C19H19F3N2O4S2/c1-28-15-4-2-3-14(13-15)18(25)23-9-11-24(12-10-23)30(26,27)17-7-5-16(6-8-17)29-19(20,21)22/h2-8,13H,9-12H2,1H3. The maximum absolute atomic E-state index is 12.8. The van der Waals surface area contributed by atoms with Crippen molar-refractivity contribution in [2.75, 3.05) is 33.3 Å². The van der Waals surface area contributed by atoms with Crippen LogP contribution >= 0.6 is 11.8 Å². The lowest BCUT2D eigenvalue weighted by molar-refractivity contribution is -0.0328. The first kappa shape index (κ1) is 22.4. The molecule has 0 aliphatic carbocycles. The van der Waals surface area contributed by atoms with Crippen LogP contribution in [0.2, 0.25) is 0 Å². The van der Waals surface area contributed by atoms with E-state index in [4.69, 9.17) is 4.74 Å². The van der Waals surface area contributed by atoms with Crippen molar-refractivity contribution in [2.45, 2.75) is 15.3 Å². The number of piperazine rings is 1. The monoisotopic (exact) mass is 460 g/mol. The van der Waals surface area contributed by atoms with Gasteiger partial charge in [0, 0.05) is 36.6 Å². The second-order valence-corrected chi connectivity index (χ2v) is 9.52. The van der Waals surface area contributed by atoms with E-state index in [0.717, 1.165) is 24.3 Å². The molecule has 11 heteroatoms. The van der Waals surface area contributed by atoms with E-state index in [1.54, 1.807) is 29.2 Å². The summed E-state index contributed by atoms with van der Waals surface area (Å²) in [6.07, 6.45) is 0. The van der Waals surface area contributed by atoms with Gasteiger partial charge in [-0.1, -0.05) is 6.07 Å². The molecule has 3 rings (SSSR count). The molecule has 0 spiro atoms. The van der Waals surface area contributed by atoms with Crippen molar-refractivity contribution in [3.63, 3.8) is 0 Å². The first-order chi connectivity index (χ1) is 14.1. The third kappa shape index (κ3) is 5.27. The van der Waals surface area contributed by atoms with Crippen LogP contribution in [0, 0.1) is 0 Å². The van der Waals surface area contributed by atoms with Crippen LogP contribution in [-0.2, 0) is 10.0 Å². The second kappa shape index (κ2) is 8.86. The molecule has 2 aromatic rings. The van der Waals surface area contributed by atoms with Crippen molar-refractivity contribution >= 4 is 27.7 Å². The summed E-state index contributed by atoms with van der Waals surface area (Å²) in [7, 11) is -2.36. The lowest BCUT2D eigenvalue weighted by Crippen LogP contribution is -2.50. The molecule has 0 atom stereocenters. The van der Waals surface area contributed by atoms with E-state index in [9.17, 15) is 26.4 Å². The van der Waals surface area contributed by atoms with Gasteiger partial charge in [-0.05, 0) is 54.2 Å². The Morgan fingerprint density at radius 3 is 2.23 bits per heavy atom. The maximum atomic E-state index is 12.8. The number of carbonyl (C=O) groups excluding carboxylic acids is 1. The predicted molar refractivity (Wildman–Crippen MR) is 106 cm³/mol. The average Bonchev–Trinajstić information content (AvgIpc) is 2.72. The summed E-state index contributed by atoms with van der Waals surface area (Å²) in [6.45, 7) is 0.600. The van der Waals surface area contributed by atoms with Crippen molar-refractivity contribution in [3.8, 4) is 5.75 Å². The first-order valence-electron chi connectivity index (χ1n) is 8.89. The van der Waals surface area contributed by atoms with Crippen LogP contribution in [0.5, 0.6) is 5.75 Å². The Balaban J connectivity index is 1.65. The molecular formula is C19H19F3N2O4S2. The molecular weight excluding hydrogens is 441 g/mol. The lowest BCUT2D eigenvalue weighted by Gasteiger charge is -2.34. The van der Waals surface area contributed by atoms with Gasteiger partial charge in [-0.3, -0.25) is 4.79 Å². The van der Waals surface area contributed by atoms with Gasteiger partial charge in [-0.15, -0.1) is 0 Å². The number of hydrogen-bond donors (Lipinski definition) is 0. The molecule has 0 N–H and O–H groups in total. The van der Waals surface area contributed by atoms with Gasteiger partial charge in [0.1, 0.15) is 5.75 Å². The summed E-state index contributed by atoms with van der Waals surface area (Å²) in [5, 5.41) is 0. The molecule has 0 aromatic heterocycles. The molecule has 0 bridgehead atoms. The Bertz CT molecular complexity index is 1000. The van der Waals surface area contributed by atoms with Gasteiger partial charge >= 0.3 is 5.51 Å². The molecule has 6 nitrogen and oxygen atoms in total. The molecule has 0 unspecified atom stereocenters. The quantitative estimate of drug-likeness (QED) is 0.640.